The monoisotopic (exact) mass is 254 g/mol. The van der Waals surface area contributed by atoms with Gasteiger partial charge in [0.15, 0.2) is 10.8 Å². The number of thiazole rings is 1. The average molecular weight is 254 g/mol. The fraction of sp³-hybridized carbons (Fsp3) is 0.300. The predicted molar refractivity (Wildman–Crippen MR) is 61.2 cm³/mol. The summed E-state index contributed by atoms with van der Waals surface area (Å²) in [4.78, 5) is 19.6. The zero-order valence-electron chi connectivity index (χ0n) is 9.08. The highest BCUT2D eigenvalue weighted by molar-refractivity contribution is 7.15. The Hall–Kier alpha value is -1.89. The van der Waals surface area contributed by atoms with Gasteiger partial charge in [0.05, 0.1) is 12.0 Å². The van der Waals surface area contributed by atoms with Crippen LogP contribution < -0.4 is 0 Å². The second-order valence-electron chi connectivity index (χ2n) is 3.31. The van der Waals surface area contributed by atoms with E-state index in [4.69, 9.17) is 4.42 Å². The van der Waals surface area contributed by atoms with Crippen LogP contribution in [0.1, 0.15) is 10.6 Å². The van der Waals surface area contributed by atoms with Gasteiger partial charge in [0.1, 0.15) is 6.61 Å². The molecule has 0 spiro atoms. The van der Waals surface area contributed by atoms with Crippen molar-refractivity contribution in [3.8, 4) is 10.8 Å². The molecular weight excluding hydrogens is 244 g/mol. The van der Waals surface area contributed by atoms with Gasteiger partial charge in [-0.25, -0.2) is 4.98 Å². The van der Waals surface area contributed by atoms with Gasteiger partial charge >= 0.3 is 0 Å². The molecule has 7 heteroatoms. The van der Waals surface area contributed by atoms with Crippen LogP contribution in [0, 0.1) is 17.0 Å². The van der Waals surface area contributed by atoms with Crippen molar-refractivity contribution >= 4 is 11.3 Å². The summed E-state index contributed by atoms with van der Waals surface area (Å²) in [5.74, 6) is 0.708. The molecular formula is C10H10N2O4S. The first-order valence-corrected chi connectivity index (χ1v) is 5.76. The Bertz CT molecular complexity index is 506. The summed E-state index contributed by atoms with van der Waals surface area (Å²) < 4.78 is 5.24. The molecule has 17 heavy (non-hydrogen) atoms. The molecule has 0 bridgehead atoms. The molecule has 0 aromatic carbocycles. The molecule has 0 aliphatic rings. The Morgan fingerprint density at radius 1 is 1.65 bits per heavy atom. The van der Waals surface area contributed by atoms with Crippen LogP contribution in [0.2, 0.25) is 0 Å². The Kier molecular flexibility index (Phi) is 3.38. The van der Waals surface area contributed by atoms with E-state index in [0.29, 0.717) is 12.2 Å². The smallest absolute Gasteiger partial charge is 0.294 e. The number of rotatable bonds is 5. The first kappa shape index (κ1) is 11.6. The number of hydrogen-bond acceptors (Lipinski definition) is 6. The van der Waals surface area contributed by atoms with Crippen LogP contribution in [-0.4, -0.2) is 16.7 Å². The maximum atomic E-state index is 10.0. The molecule has 2 aromatic heterocycles. The highest BCUT2D eigenvalue weighted by Gasteiger charge is 2.11. The number of aryl methyl sites for hydroxylation is 1. The average Bonchev–Trinajstić information content (AvgIpc) is 2.87. The number of aromatic nitrogens is 1. The van der Waals surface area contributed by atoms with Crippen LogP contribution in [0.15, 0.2) is 22.8 Å². The molecule has 0 aliphatic heterocycles. The lowest BCUT2D eigenvalue weighted by Gasteiger charge is -1.96. The van der Waals surface area contributed by atoms with Crippen LogP contribution in [0.3, 0.4) is 0 Å². The van der Waals surface area contributed by atoms with Gasteiger partial charge in [0.2, 0.25) is 0 Å². The summed E-state index contributed by atoms with van der Waals surface area (Å²) >= 11 is 1.46. The summed E-state index contributed by atoms with van der Waals surface area (Å²) in [5, 5.41) is 10.0. The molecule has 0 amide bonds. The van der Waals surface area contributed by atoms with Gasteiger partial charge in [-0.1, -0.05) is 0 Å². The Morgan fingerprint density at radius 2 is 2.47 bits per heavy atom. The van der Waals surface area contributed by atoms with E-state index in [-0.39, 0.29) is 6.61 Å². The van der Waals surface area contributed by atoms with Gasteiger partial charge in [-0.2, -0.15) is 0 Å². The Morgan fingerprint density at radius 3 is 3.12 bits per heavy atom. The van der Waals surface area contributed by atoms with Crippen LogP contribution in [0.25, 0.3) is 10.8 Å². The van der Waals surface area contributed by atoms with Gasteiger partial charge in [-0.15, -0.1) is 21.5 Å². The molecule has 0 N–H and O–H groups in total. The van der Waals surface area contributed by atoms with Crippen LogP contribution in [-0.2, 0) is 11.3 Å². The zero-order valence-corrected chi connectivity index (χ0v) is 9.90. The fourth-order valence-corrected chi connectivity index (χ4v) is 2.39. The SMILES string of the molecule is Cc1nc(-c2ccco2)sc1CCO[N+](=O)[O-]. The molecule has 0 fully saturated rings. The fourth-order valence-electron chi connectivity index (χ4n) is 1.38. The molecule has 0 unspecified atom stereocenters. The number of hydrogen-bond donors (Lipinski definition) is 0. The summed E-state index contributed by atoms with van der Waals surface area (Å²) in [6.07, 6.45) is 2.06. The summed E-state index contributed by atoms with van der Waals surface area (Å²) in [6, 6.07) is 3.62. The molecule has 2 heterocycles. The van der Waals surface area contributed by atoms with E-state index >= 15 is 0 Å². The largest absolute Gasteiger partial charge is 0.462 e. The predicted octanol–water partition coefficient (Wildman–Crippen LogP) is 2.46. The maximum Gasteiger partial charge on any atom is 0.294 e. The van der Waals surface area contributed by atoms with E-state index in [0.717, 1.165) is 15.6 Å². The summed E-state index contributed by atoms with van der Waals surface area (Å²) in [6.45, 7) is 1.91. The molecule has 2 aromatic rings. The van der Waals surface area contributed by atoms with Crippen molar-refractivity contribution in [3.63, 3.8) is 0 Å². The minimum Gasteiger partial charge on any atom is -0.462 e. The van der Waals surface area contributed by atoms with Crippen LogP contribution >= 0.6 is 11.3 Å². The highest BCUT2D eigenvalue weighted by atomic mass is 32.1. The molecule has 0 saturated carbocycles. The van der Waals surface area contributed by atoms with Gasteiger partial charge in [-0.05, 0) is 19.1 Å². The normalized spacial score (nSPS) is 10.4. The zero-order chi connectivity index (χ0) is 12.3. The third kappa shape index (κ3) is 2.82. The molecule has 0 aliphatic carbocycles. The van der Waals surface area contributed by atoms with Crippen molar-refractivity contribution in [3.05, 3.63) is 39.1 Å². The molecule has 6 nitrogen and oxygen atoms in total. The molecule has 0 atom stereocenters. The summed E-state index contributed by atoms with van der Waals surface area (Å²) in [7, 11) is 0. The van der Waals surface area contributed by atoms with E-state index < -0.39 is 5.09 Å². The van der Waals surface area contributed by atoms with Crippen molar-refractivity contribution in [1.29, 1.82) is 0 Å². The van der Waals surface area contributed by atoms with E-state index in [1.807, 2.05) is 13.0 Å². The maximum absolute atomic E-state index is 10.0. The van der Waals surface area contributed by atoms with Crippen molar-refractivity contribution in [2.24, 2.45) is 0 Å². The van der Waals surface area contributed by atoms with E-state index in [1.165, 1.54) is 11.3 Å². The molecule has 0 radical (unpaired) electrons. The molecule has 2 rings (SSSR count). The van der Waals surface area contributed by atoms with Gasteiger partial charge in [-0.3, -0.25) is 0 Å². The van der Waals surface area contributed by atoms with E-state index in [1.54, 1.807) is 12.3 Å². The summed E-state index contributed by atoms with van der Waals surface area (Å²) in [5.41, 5.74) is 0.855. The van der Waals surface area contributed by atoms with Gasteiger partial charge in [0, 0.05) is 11.3 Å². The standard InChI is InChI=1S/C10H10N2O4S/c1-7-9(4-6-16-12(13)14)17-10(11-7)8-3-2-5-15-8/h2-3,5H,4,6H2,1H3. The first-order valence-electron chi connectivity index (χ1n) is 4.94. The van der Waals surface area contributed by atoms with Gasteiger partial charge < -0.3 is 9.25 Å². The minimum atomic E-state index is -0.788. The van der Waals surface area contributed by atoms with Gasteiger partial charge in [0.25, 0.3) is 5.09 Å². The van der Waals surface area contributed by atoms with Crippen LogP contribution in [0.5, 0.6) is 0 Å². The van der Waals surface area contributed by atoms with Crippen molar-refractivity contribution in [2.45, 2.75) is 13.3 Å². The van der Waals surface area contributed by atoms with E-state index in [9.17, 15) is 10.1 Å². The third-order valence-electron chi connectivity index (χ3n) is 2.15. The molecule has 90 valence electrons. The quantitative estimate of drug-likeness (QED) is 0.605. The highest BCUT2D eigenvalue weighted by Crippen LogP contribution is 2.28. The number of furan rings is 1. The van der Waals surface area contributed by atoms with E-state index in [2.05, 4.69) is 9.82 Å². The lowest BCUT2D eigenvalue weighted by Crippen LogP contribution is -2.04. The molecule has 0 saturated heterocycles. The van der Waals surface area contributed by atoms with Crippen molar-refractivity contribution < 1.29 is 14.3 Å². The second-order valence-corrected chi connectivity index (χ2v) is 4.40. The number of nitrogens with zero attached hydrogens (tertiary/aromatic N) is 2. The van der Waals surface area contributed by atoms with Crippen LogP contribution in [0.4, 0.5) is 0 Å². The second kappa shape index (κ2) is 4.96. The topological polar surface area (TPSA) is 78.4 Å². The minimum absolute atomic E-state index is 0.0492. The first-order chi connectivity index (χ1) is 8.16. The Balaban J connectivity index is 2.06. The third-order valence-corrected chi connectivity index (χ3v) is 3.38. The lowest BCUT2D eigenvalue weighted by atomic mass is 10.3. The Labute approximate surface area is 101 Å². The van der Waals surface area contributed by atoms with Crippen molar-refractivity contribution in [1.82, 2.24) is 4.98 Å². The van der Waals surface area contributed by atoms with Crippen molar-refractivity contribution in [2.75, 3.05) is 6.61 Å². The lowest BCUT2D eigenvalue weighted by molar-refractivity contribution is -0.757.